The molecule has 2 aromatic heterocycles. The lowest BCUT2D eigenvalue weighted by Crippen LogP contribution is -2.39. The molecular weight excluding hydrogens is 340 g/mol. The first-order valence-electron chi connectivity index (χ1n) is 7.63. The summed E-state index contributed by atoms with van der Waals surface area (Å²) < 4.78 is 10.6. The van der Waals surface area contributed by atoms with Crippen LogP contribution in [0.15, 0.2) is 68.9 Å². The SMILES string of the molecule is O=C1c2ccc([N+](=O)[O-])cc2N[C@H](c2ccco2)N1/N=C\c1ccco1. The maximum Gasteiger partial charge on any atom is 0.278 e. The van der Waals surface area contributed by atoms with Crippen LogP contribution >= 0.6 is 0 Å². The van der Waals surface area contributed by atoms with Crippen LogP contribution in [0.25, 0.3) is 0 Å². The third kappa shape index (κ3) is 2.71. The number of hydrazone groups is 1. The minimum Gasteiger partial charge on any atom is -0.465 e. The lowest BCUT2D eigenvalue weighted by Gasteiger charge is -2.32. The van der Waals surface area contributed by atoms with E-state index in [0.717, 1.165) is 0 Å². The molecule has 0 saturated carbocycles. The number of furan rings is 2. The Kier molecular flexibility index (Phi) is 3.73. The van der Waals surface area contributed by atoms with Crippen molar-refractivity contribution in [2.45, 2.75) is 6.17 Å². The predicted molar refractivity (Wildman–Crippen MR) is 90.6 cm³/mol. The molecule has 1 atom stereocenters. The van der Waals surface area contributed by atoms with Gasteiger partial charge in [-0.15, -0.1) is 0 Å². The highest BCUT2D eigenvalue weighted by Gasteiger charge is 2.35. The van der Waals surface area contributed by atoms with Crippen molar-refractivity contribution in [1.82, 2.24) is 5.01 Å². The lowest BCUT2D eigenvalue weighted by molar-refractivity contribution is -0.384. The van der Waals surface area contributed by atoms with Gasteiger partial charge in [-0.3, -0.25) is 14.9 Å². The van der Waals surface area contributed by atoms with E-state index in [0.29, 0.717) is 17.2 Å². The standard InChI is InChI=1S/C17H12N4O5/c22-17-13-6-5-11(21(23)24)9-14(13)19-16(15-4-2-8-26-15)20(17)18-10-12-3-1-7-25-12/h1-10,16,19H/b18-10-/t16-/m0/s1. The van der Waals surface area contributed by atoms with Gasteiger partial charge < -0.3 is 14.2 Å². The number of carbonyl (C=O) groups excluding carboxylic acids is 1. The fourth-order valence-corrected chi connectivity index (χ4v) is 2.64. The number of nitrogens with one attached hydrogen (secondary N) is 1. The average Bonchev–Trinajstić information content (AvgIpc) is 3.34. The van der Waals surface area contributed by atoms with E-state index in [2.05, 4.69) is 10.4 Å². The van der Waals surface area contributed by atoms with E-state index in [1.165, 1.54) is 41.9 Å². The molecule has 3 aromatic rings. The van der Waals surface area contributed by atoms with Gasteiger partial charge in [0.2, 0.25) is 0 Å². The molecule has 130 valence electrons. The van der Waals surface area contributed by atoms with E-state index in [-0.39, 0.29) is 11.3 Å². The molecule has 0 aliphatic carbocycles. The topological polar surface area (TPSA) is 114 Å². The zero-order chi connectivity index (χ0) is 18.1. The first kappa shape index (κ1) is 15.6. The molecule has 1 aliphatic rings. The van der Waals surface area contributed by atoms with Gasteiger partial charge in [0.05, 0.1) is 34.9 Å². The smallest absolute Gasteiger partial charge is 0.278 e. The van der Waals surface area contributed by atoms with Gasteiger partial charge in [-0.05, 0) is 30.3 Å². The molecule has 0 fully saturated rings. The van der Waals surface area contributed by atoms with E-state index in [1.54, 1.807) is 24.3 Å². The zero-order valence-corrected chi connectivity index (χ0v) is 13.2. The van der Waals surface area contributed by atoms with Crippen LogP contribution in [-0.4, -0.2) is 22.1 Å². The fourth-order valence-electron chi connectivity index (χ4n) is 2.64. The van der Waals surface area contributed by atoms with Gasteiger partial charge in [-0.25, -0.2) is 0 Å². The van der Waals surface area contributed by atoms with Crippen LogP contribution in [0.3, 0.4) is 0 Å². The van der Waals surface area contributed by atoms with Crippen molar-refractivity contribution in [1.29, 1.82) is 0 Å². The second kappa shape index (κ2) is 6.20. The molecule has 0 spiro atoms. The Hall–Kier alpha value is -3.88. The van der Waals surface area contributed by atoms with Crippen molar-refractivity contribution in [2.24, 2.45) is 5.10 Å². The molecule has 0 unspecified atom stereocenters. The summed E-state index contributed by atoms with van der Waals surface area (Å²) in [6, 6.07) is 10.8. The van der Waals surface area contributed by atoms with Gasteiger partial charge in [0.15, 0.2) is 6.17 Å². The monoisotopic (exact) mass is 352 g/mol. The summed E-state index contributed by atoms with van der Waals surface area (Å²) in [5, 5.41) is 19.5. The van der Waals surface area contributed by atoms with E-state index in [1.807, 2.05) is 0 Å². The van der Waals surface area contributed by atoms with Crippen LogP contribution < -0.4 is 5.32 Å². The molecule has 0 bridgehead atoms. The molecular formula is C17H12N4O5. The Labute approximate surface area is 146 Å². The molecule has 26 heavy (non-hydrogen) atoms. The molecule has 9 nitrogen and oxygen atoms in total. The van der Waals surface area contributed by atoms with Crippen molar-refractivity contribution in [3.05, 3.63) is 82.2 Å². The molecule has 1 aliphatic heterocycles. The number of hydrogen-bond donors (Lipinski definition) is 1. The highest BCUT2D eigenvalue weighted by molar-refractivity contribution is 6.02. The Morgan fingerprint density at radius 2 is 2.00 bits per heavy atom. The largest absolute Gasteiger partial charge is 0.465 e. The second-order valence-electron chi connectivity index (χ2n) is 5.46. The molecule has 1 N–H and O–H groups in total. The zero-order valence-electron chi connectivity index (χ0n) is 13.2. The normalized spacial score (nSPS) is 16.5. The second-order valence-corrected chi connectivity index (χ2v) is 5.46. The lowest BCUT2D eigenvalue weighted by atomic mass is 10.1. The maximum absolute atomic E-state index is 12.9. The number of fused-ring (bicyclic) bond motifs is 1. The van der Waals surface area contributed by atoms with E-state index in [9.17, 15) is 14.9 Å². The number of benzene rings is 1. The number of nitro groups is 1. The van der Waals surface area contributed by atoms with Crippen molar-refractivity contribution in [3.8, 4) is 0 Å². The van der Waals surface area contributed by atoms with Gasteiger partial charge >= 0.3 is 0 Å². The van der Waals surface area contributed by atoms with Crippen LogP contribution in [0.5, 0.6) is 0 Å². The minimum absolute atomic E-state index is 0.116. The van der Waals surface area contributed by atoms with Crippen LogP contribution in [0.4, 0.5) is 11.4 Å². The molecule has 0 radical (unpaired) electrons. The van der Waals surface area contributed by atoms with Crippen LogP contribution in [0, 0.1) is 10.1 Å². The molecule has 4 rings (SSSR count). The van der Waals surface area contributed by atoms with Crippen molar-refractivity contribution in [2.75, 3.05) is 5.32 Å². The quantitative estimate of drug-likeness (QED) is 0.437. The number of amides is 1. The average molecular weight is 352 g/mol. The number of hydrogen-bond acceptors (Lipinski definition) is 7. The molecule has 1 amide bonds. The molecule has 3 heterocycles. The minimum atomic E-state index is -0.752. The predicted octanol–water partition coefficient (Wildman–Crippen LogP) is 3.38. The van der Waals surface area contributed by atoms with Gasteiger partial charge in [0, 0.05) is 12.1 Å². The highest BCUT2D eigenvalue weighted by Crippen LogP contribution is 2.35. The summed E-state index contributed by atoms with van der Waals surface area (Å²) in [6.07, 6.45) is 3.62. The number of anilines is 1. The summed E-state index contributed by atoms with van der Waals surface area (Å²) in [5.74, 6) is 0.496. The summed E-state index contributed by atoms with van der Waals surface area (Å²) in [7, 11) is 0. The van der Waals surface area contributed by atoms with Gasteiger partial charge in [0.1, 0.15) is 11.5 Å². The Morgan fingerprint density at radius 3 is 2.69 bits per heavy atom. The number of nitrogens with zero attached hydrogens (tertiary/aromatic N) is 3. The van der Waals surface area contributed by atoms with E-state index in [4.69, 9.17) is 8.83 Å². The van der Waals surface area contributed by atoms with Crippen molar-refractivity contribution < 1.29 is 18.6 Å². The summed E-state index contributed by atoms with van der Waals surface area (Å²) in [4.78, 5) is 23.4. The third-order valence-electron chi connectivity index (χ3n) is 3.85. The number of non-ortho nitro benzene ring substituents is 1. The maximum atomic E-state index is 12.9. The molecule has 9 heteroatoms. The highest BCUT2D eigenvalue weighted by atomic mass is 16.6. The Balaban J connectivity index is 1.76. The van der Waals surface area contributed by atoms with Gasteiger partial charge in [-0.2, -0.15) is 10.1 Å². The number of rotatable bonds is 4. The van der Waals surface area contributed by atoms with Gasteiger partial charge in [0.25, 0.3) is 11.6 Å². The molecule has 0 saturated heterocycles. The van der Waals surface area contributed by atoms with Crippen LogP contribution in [0.1, 0.15) is 28.0 Å². The van der Waals surface area contributed by atoms with Crippen molar-refractivity contribution in [3.63, 3.8) is 0 Å². The Bertz CT molecular complexity index is 979. The van der Waals surface area contributed by atoms with Gasteiger partial charge in [-0.1, -0.05) is 0 Å². The number of carbonyl (C=O) groups is 1. The fraction of sp³-hybridized carbons (Fsp3) is 0.0588. The van der Waals surface area contributed by atoms with E-state index >= 15 is 0 Å². The van der Waals surface area contributed by atoms with Crippen LogP contribution in [0.2, 0.25) is 0 Å². The summed E-state index contributed by atoms with van der Waals surface area (Å²) in [5.41, 5.74) is 0.500. The number of nitro benzene ring substituents is 1. The first-order valence-corrected chi connectivity index (χ1v) is 7.63. The Morgan fingerprint density at radius 1 is 1.19 bits per heavy atom. The molecule has 1 aromatic carbocycles. The first-order chi connectivity index (χ1) is 12.6. The summed E-state index contributed by atoms with van der Waals surface area (Å²) >= 11 is 0. The van der Waals surface area contributed by atoms with E-state index < -0.39 is 17.0 Å². The summed E-state index contributed by atoms with van der Waals surface area (Å²) in [6.45, 7) is 0. The van der Waals surface area contributed by atoms with Crippen molar-refractivity contribution >= 4 is 23.5 Å². The van der Waals surface area contributed by atoms with Crippen LogP contribution in [-0.2, 0) is 0 Å². The third-order valence-corrected chi connectivity index (χ3v) is 3.85.